The number of fused-ring (bicyclic) bond motifs is 1. The summed E-state index contributed by atoms with van der Waals surface area (Å²) in [5.41, 5.74) is 4.99. The lowest BCUT2D eigenvalue weighted by Gasteiger charge is -2.24. The third-order valence-electron chi connectivity index (χ3n) is 7.68. The minimum atomic E-state index is -0.338. The van der Waals surface area contributed by atoms with Gasteiger partial charge >= 0.3 is 0 Å². The van der Waals surface area contributed by atoms with Gasteiger partial charge in [-0.1, -0.05) is 60.7 Å². The number of carbonyl (C=O) groups excluding carboxylic acids is 1. The lowest BCUT2D eigenvalue weighted by atomic mass is 9.97. The standard InChI is InChI=1S/C35H33N3O4S/c1-40-26-18-16-25(17-19-26)29-20-31(28-13-9-15-32(41-2)35(28)42-3)38(36-29)34(39)23-43-33-22-37(21-24-10-5-4-6-11-24)30-14-8-7-12-27(30)33/h4-19,22,31H,20-21,23H2,1-3H3/t31-/m0/s1. The zero-order valence-electron chi connectivity index (χ0n) is 24.4. The zero-order valence-corrected chi connectivity index (χ0v) is 25.2. The molecule has 4 aromatic carbocycles. The van der Waals surface area contributed by atoms with E-state index in [9.17, 15) is 4.79 Å². The Hall–Kier alpha value is -4.69. The number of hydrogen-bond donors (Lipinski definition) is 0. The molecular formula is C35H33N3O4S. The number of carbonyl (C=O) groups is 1. The van der Waals surface area contributed by atoms with Crippen LogP contribution in [0.25, 0.3) is 10.9 Å². The Bertz CT molecular complexity index is 1770. The molecule has 0 aliphatic carbocycles. The number of benzene rings is 4. The van der Waals surface area contributed by atoms with Gasteiger partial charge in [-0.3, -0.25) is 4.79 Å². The Labute approximate surface area is 255 Å². The second-order valence-electron chi connectivity index (χ2n) is 10.2. The smallest absolute Gasteiger partial charge is 0.253 e. The van der Waals surface area contributed by atoms with E-state index in [0.717, 1.165) is 44.9 Å². The number of methoxy groups -OCH3 is 3. The van der Waals surface area contributed by atoms with Crippen LogP contribution in [0.1, 0.15) is 29.2 Å². The number of aromatic nitrogens is 1. The van der Waals surface area contributed by atoms with Crippen LogP contribution in [0.5, 0.6) is 17.2 Å². The molecule has 1 aliphatic rings. The molecule has 218 valence electrons. The van der Waals surface area contributed by atoms with Gasteiger partial charge in [0.1, 0.15) is 5.75 Å². The molecule has 1 aromatic heterocycles. The summed E-state index contributed by atoms with van der Waals surface area (Å²) in [6.07, 6.45) is 2.69. The lowest BCUT2D eigenvalue weighted by molar-refractivity contribution is -0.130. The van der Waals surface area contributed by atoms with Crippen molar-refractivity contribution >= 4 is 34.3 Å². The largest absolute Gasteiger partial charge is 0.497 e. The number of amides is 1. The Kier molecular flexibility index (Phi) is 8.38. The third-order valence-corrected chi connectivity index (χ3v) is 8.71. The molecule has 0 N–H and O–H groups in total. The van der Waals surface area contributed by atoms with Crippen LogP contribution in [-0.2, 0) is 11.3 Å². The fourth-order valence-electron chi connectivity index (χ4n) is 5.56. The van der Waals surface area contributed by atoms with Gasteiger partial charge in [0.25, 0.3) is 5.91 Å². The molecule has 1 amide bonds. The highest BCUT2D eigenvalue weighted by Crippen LogP contribution is 2.42. The topological polar surface area (TPSA) is 65.3 Å². The van der Waals surface area contributed by atoms with E-state index in [1.807, 2.05) is 54.6 Å². The second kappa shape index (κ2) is 12.7. The number of hydrazone groups is 1. The van der Waals surface area contributed by atoms with E-state index in [2.05, 4.69) is 53.2 Å². The highest BCUT2D eigenvalue weighted by Gasteiger charge is 2.35. The summed E-state index contributed by atoms with van der Waals surface area (Å²) in [6.45, 7) is 0.759. The van der Waals surface area contributed by atoms with Crippen LogP contribution in [0.2, 0.25) is 0 Å². The van der Waals surface area contributed by atoms with Gasteiger partial charge in [-0.15, -0.1) is 11.8 Å². The van der Waals surface area contributed by atoms with Crippen molar-refractivity contribution in [2.75, 3.05) is 27.1 Å². The van der Waals surface area contributed by atoms with Crippen molar-refractivity contribution in [2.45, 2.75) is 23.9 Å². The summed E-state index contributed by atoms with van der Waals surface area (Å²) < 4.78 is 18.9. The first-order valence-corrected chi connectivity index (χ1v) is 15.1. The summed E-state index contributed by atoms with van der Waals surface area (Å²) in [7, 11) is 4.88. The first-order chi connectivity index (χ1) is 21.1. The molecule has 0 bridgehead atoms. The van der Waals surface area contributed by atoms with Gasteiger partial charge in [0.2, 0.25) is 0 Å². The number of hydrogen-bond acceptors (Lipinski definition) is 6. The Morgan fingerprint density at radius 2 is 1.63 bits per heavy atom. The minimum Gasteiger partial charge on any atom is -0.497 e. The second-order valence-corrected chi connectivity index (χ2v) is 11.2. The molecule has 6 rings (SSSR count). The van der Waals surface area contributed by atoms with E-state index in [1.165, 1.54) is 17.3 Å². The fraction of sp³-hybridized carbons (Fsp3) is 0.200. The van der Waals surface area contributed by atoms with Crippen molar-refractivity contribution in [3.05, 3.63) is 120 Å². The molecule has 8 heteroatoms. The highest BCUT2D eigenvalue weighted by atomic mass is 32.2. The maximum atomic E-state index is 14.0. The SMILES string of the molecule is COc1ccc(C2=NN(C(=O)CSc3cn(Cc4ccccc4)c4ccccc34)[C@H](c3cccc(OC)c3OC)C2)cc1. The molecule has 5 aromatic rings. The van der Waals surface area contributed by atoms with Crippen LogP contribution in [-0.4, -0.2) is 48.3 Å². The van der Waals surface area contributed by atoms with Crippen molar-refractivity contribution in [3.63, 3.8) is 0 Å². The molecule has 0 fully saturated rings. The summed E-state index contributed by atoms with van der Waals surface area (Å²) >= 11 is 1.54. The van der Waals surface area contributed by atoms with Crippen molar-refractivity contribution in [3.8, 4) is 17.2 Å². The van der Waals surface area contributed by atoms with Crippen LogP contribution in [0, 0.1) is 0 Å². The quantitative estimate of drug-likeness (QED) is 0.161. The summed E-state index contributed by atoms with van der Waals surface area (Å²) in [5, 5.41) is 7.63. The Balaban J connectivity index is 1.30. The molecule has 0 saturated heterocycles. The first-order valence-electron chi connectivity index (χ1n) is 14.1. The molecule has 0 radical (unpaired) electrons. The first kappa shape index (κ1) is 28.4. The fourth-order valence-corrected chi connectivity index (χ4v) is 6.50. The third kappa shape index (κ3) is 5.83. The van der Waals surface area contributed by atoms with Gasteiger partial charge in [0, 0.05) is 40.5 Å². The van der Waals surface area contributed by atoms with Gasteiger partial charge < -0.3 is 18.8 Å². The number of rotatable bonds is 10. The van der Waals surface area contributed by atoms with Gasteiger partial charge in [-0.25, -0.2) is 5.01 Å². The zero-order chi connectivity index (χ0) is 29.8. The van der Waals surface area contributed by atoms with Crippen molar-refractivity contribution in [1.82, 2.24) is 9.58 Å². The molecule has 0 unspecified atom stereocenters. The molecule has 1 atom stereocenters. The summed E-state index contributed by atoms with van der Waals surface area (Å²) in [6, 6.07) is 31.9. The van der Waals surface area contributed by atoms with Crippen molar-refractivity contribution < 1.29 is 19.0 Å². The number of para-hydroxylation sites is 2. The minimum absolute atomic E-state index is 0.0803. The predicted octanol–water partition coefficient (Wildman–Crippen LogP) is 7.19. The molecule has 1 aliphatic heterocycles. The van der Waals surface area contributed by atoms with Gasteiger partial charge in [-0.2, -0.15) is 5.10 Å². The van der Waals surface area contributed by atoms with Gasteiger partial charge in [0.15, 0.2) is 11.5 Å². The van der Waals surface area contributed by atoms with E-state index in [1.54, 1.807) is 26.3 Å². The Morgan fingerprint density at radius 1 is 0.860 bits per heavy atom. The summed E-state index contributed by atoms with van der Waals surface area (Å²) in [5.74, 6) is 2.15. The lowest BCUT2D eigenvalue weighted by Crippen LogP contribution is -2.28. The van der Waals surface area contributed by atoms with E-state index >= 15 is 0 Å². The maximum absolute atomic E-state index is 14.0. The van der Waals surface area contributed by atoms with Crippen LogP contribution in [0.3, 0.4) is 0 Å². The van der Waals surface area contributed by atoms with Gasteiger partial charge in [0.05, 0.1) is 38.8 Å². The molecule has 0 spiro atoms. The average molecular weight is 592 g/mol. The van der Waals surface area contributed by atoms with E-state index in [0.29, 0.717) is 17.9 Å². The normalized spacial score (nSPS) is 14.5. The van der Waals surface area contributed by atoms with Crippen LogP contribution in [0.15, 0.2) is 113 Å². The maximum Gasteiger partial charge on any atom is 0.253 e. The van der Waals surface area contributed by atoms with Crippen LogP contribution in [0.4, 0.5) is 0 Å². The van der Waals surface area contributed by atoms with E-state index < -0.39 is 0 Å². The molecular weight excluding hydrogens is 558 g/mol. The van der Waals surface area contributed by atoms with Gasteiger partial charge in [-0.05, 0) is 47.5 Å². The molecule has 7 nitrogen and oxygen atoms in total. The van der Waals surface area contributed by atoms with E-state index in [4.69, 9.17) is 19.3 Å². The predicted molar refractivity (Wildman–Crippen MR) is 171 cm³/mol. The highest BCUT2D eigenvalue weighted by molar-refractivity contribution is 8.00. The number of ether oxygens (including phenoxy) is 3. The molecule has 43 heavy (non-hydrogen) atoms. The van der Waals surface area contributed by atoms with Crippen LogP contribution < -0.4 is 14.2 Å². The Morgan fingerprint density at radius 3 is 2.37 bits per heavy atom. The summed E-state index contributed by atoms with van der Waals surface area (Å²) in [4.78, 5) is 15.0. The number of nitrogens with zero attached hydrogens (tertiary/aromatic N) is 3. The molecule has 2 heterocycles. The average Bonchev–Trinajstić information content (AvgIpc) is 3.66. The number of thioether (sulfide) groups is 1. The monoisotopic (exact) mass is 591 g/mol. The molecule has 0 saturated carbocycles. The van der Waals surface area contributed by atoms with Crippen LogP contribution >= 0.6 is 11.8 Å². The van der Waals surface area contributed by atoms with Crippen molar-refractivity contribution in [2.24, 2.45) is 5.10 Å². The van der Waals surface area contributed by atoms with Crippen molar-refractivity contribution in [1.29, 1.82) is 0 Å². The van der Waals surface area contributed by atoms with E-state index in [-0.39, 0.29) is 17.7 Å².